The van der Waals surface area contributed by atoms with Gasteiger partial charge in [0.2, 0.25) is 0 Å². The van der Waals surface area contributed by atoms with Crippen molar-refractivity contribution >= 4 is 5.84 Å². The van der Waals surface area contributed by atoms with E-state index in [1.54, 1.807) is 0 Å². The van der Waals surface area contributed by atoms with Gasteiger partial charge in [-0.15, -0.1) is 0 Å². The van der Waals surface area contributed by atoms with Crippen LogP contribution in [0.5, 0.6) is 0 Å². The first kappa shape index (κ1) is 14.3. The van der Waals surface area contributed by atoms with E-state index < -0.39 is 11.8 Å². The minimum atomic E-state index is -4.54. The summed E-state index contributed by atoms with van der Waals surface area (Å²) in [6.45, 7) is 0.936. The maximum Gasteiger partial charge on any atom is 0.421 e. The standard InChI is InChI=1S/C11H13F3N2O2/c1-10(18-2,11(12,13)14)8-5-3-7(4-6-8)9(15)16-17/h3-6,17H,1-2H3,(H2,15,16). The van der Waals surface area contributed by atoms with Gasteiger partial charge < -0.3 is 15.7 Å². The van der Waals surface area contributed by atoms with E-state index in [0.29, 0.717) is 5.56 Å². The van der Waals surface area contributed by atoms with Gasteiger partial charge in [-0.05, 0) is 12.5 Å². The Morgan fingerprint density at radius 3 is 2.11 bits per heavy atom. The molecule has 0 radical (unpaired) electrons. The predicted octanol–water partition coefficient (Wildman–Crippen LogP) is 2.21. The second-order valence-corrected chi connectivity index (χ2v) is 3.80. The van der Waals surface area contributed by atoms with Crippen LogP contribution in [0.1, 0.15) is 18.1 Å². The minimum Gasteiger partial charge on any atom is -0.409 e. The van der Waals surface area contributed by atoms with Crippen LogP contribution in [0.2, 0.25) is 0 Å². The van der Waals surface area contributed by atoms with Crippen LogP contribution < -0.4 is 5.73 Å². The fourth-order valence-electron chi connectivity index (χ4n) is 1.41. The monoisotopic (exact) mass is 262 g/mol. The van der Waals surface area contributed by atoms with E-state index in [0.717, 1.165) is 14.0 Å². The Hall–Kier alpha value is -1.76. The van der Waals surface area contributed by atoms with Crippen LogP contribution in [0.25, 0.3) is 0 Å². The lowest BCUT2D eigenvalue weighted by Crippen LogP contribution is -2.41. The van der Waals surface area contributed by atoms with E-state index in [1.807, 2.05) is 0 Å². The number of halogens is 3. The van der Waals surface area contributed by atoms with Crippen LogP contribution >= 0.6 is 0 Å². The summed E-state index contributed by atoms with van der Waals surface area (Å²) < 4.78 is 43.3. The molecular weight excluding hydrogens is 249 g/mol. The molecule has 0 aromatic heterocycles. The Balaban J connectivity index is 3.19. The number of oxime groups is 1. The molecule has 7 heteroatoms. The van der Waals surface area contributed by atoms with Crippen LogP contribution in [0.3, 0.4) is 0 Å². The molecule has 0 spiro atoms. The molecule has 1 atom stereocenters. The minimum absolute atomic E-state index is 0.0630. The molecule has 3 N–H and O–H groups in total. The summed E-state index contributed by atoms with van der Waals surface area (Å²) in [6.07, 6.45) is -4.54. The Morgan fingerprint density at radius 2 is 1.78 bits per heavy atom. The molecule has 0 heterocycles. The number of benzene rings is 1. The second kappa shape index (κ2) is 4.85. The third-order valence-corrected chi connectivity index (χ3v) is 2.79. The average molecular weight is 262 g/mol. The van der Waals surface area contributed by atoms with E-state index in [1.165, 1.54) is 24.3 Å². The van der Waals surface area contributed by atoms with Gasteiger partial charge in [0.05, 0.1) is 0 Å². The average Bonchev–Trinajstić information content (AvgIpc) is 2.35. The third kappa shape index (κ3) is 2.40. The van der Waals surface area contributed by atoms with Crippen LogP contribution in [0, 0.1) is 0 Å². The first-order chi connectivity index (χ1) is 8.26. The molecule has 0 amide bonds. The summed E-state index contributed by atoms with van der Waals surface area (Å²) >= 11 is 0. The van der Waals surface area contributed by atoms with E-state index >= 15 is 0 Å². The van der Waals surface area contributed by atoms with Gasteiger partial charge in [-0.2, -0.15) is 13.2 Å². The normalized spacial score (nSPS) is 16.4. The highest BCUT2D eigenvalue weighted by Crippen LogP contribution is 2.41. The molecule has 100 valence electrons. The van der Waals surface area contributed by atoms with E-state index in [9.17, 15) is 13.2 Å². The van der Waals surface area contributed by atoms with Crippen molar-refractivity contribution in [3.05, 3.63) is 35.4 Å². The summed E-state index contributed by atoms with van der Waals surface area (Å²) in [4.78, 5) is 0. The van der Waals surface area contributed by atoms with E-state index in [4.69, 9.17) is 10.9 Å². The highest BCUT2D eigenvalue weighted by Gasteiger charge is 2.52. The van der Waals surface area contributed by atoms with Crippen molar-refractivity contribution in [2.24, 2.45) is 10.9 Å². The number of alkyl halides is 3. The lowest BCUT2D eigenvalue weighted by molar-refractivity contribution is -0.269. The summed E-state index contributed by atoms with van der Waals surface area (Å²) in [6, 6.07) is 5.11. The zero-order valence-corrected chi connectivity index (χ0v) is 9.82. The lowest BCUT2D eigenvalue weighted by Gasteiger charge is -2.31. The van der Waals surface area contributed by atoms with Crippen molar-refractivity contribution in [1.82, 2.24) is 0 Å². The van der Waals surface area contributed by atoms with Gasteiger partial charge in [-0.3, -0.25) is 0 Å². The molecule has 0 fully saturated rings. The molecule has 1 aromatic rings. The number of methoxy groups -OCH3 is 1. The fraction of sp³-hybridized carbons (Fsp3) is 0.364. The molecule has 1 rings (SSSR count). The number of hydrogen-bond acceptors (Lipinski definition) is 3. The maximum absolute atomic E-state index is 12.9. The summed E-state index contributed by atoms with van der Waals surface area (Å²) in [5.41, 5.74) is 3.18. The smallest absolute Gasteiger partial charge is 0.409 e. The number of nitrogens with zero attached hydrogens (tertiary/aromatic N) is 1. The van der Waals surface area contributed by atoms with Crippen LogP contribution in [-0.2, 0) is 10.3 Å². The molecule has 4 nitrogen and oxygen atoms in total. The highest BCUT2D eigenvalue weighted by molar-refractivity contribution is 5.96. The van der Waals surface area contributed by atoms with E-state index in [-0.39, 0.29) is 11.4 Å². The van der Waals surface area contributed by atoms with Gasteiger partial charge in [0.1, 0.15) is 0 Å². The van der Waals surface area contributed by atoms with Gasteiger partial charge in [0.15, 0.2) is 11.4 Å². The highest BCUT2D eigenvalue weighted by atomic mass is 19.4. The Morgan fingerprint density at radius 1 is 1.28 bits per heavy atom. The fourth-order valence-corrected chi connectivity index (χ4v) is 1.41. The van der Waals surface area contributed by atoms with Gasteiger partial charge in [-0.25, -0.2) is 0 Å². The summed E-state index contributed by atoms with van der Waals surface area (Å²) in [7, 11) is 0.991. The number of ether oxygens (including phenoxy) is 1. The van der Waals surface area contributed by atoms with Gasteiger partial charge in [0, 0.05) is 12.7 Å². The van der Waals surface area contributed by atoms with Crippen LogP contribution in [0.4, 0.5) is 13.2 Å². The van der Waals surface area contributed by atoms with Gasteiger partial charge in [0.25, 0.3) is 0 Å². The lowest BCUT2D eigenvalue weighted by atomic mass is 9.94. The SMILES string of the molecule is COC(C)(c1ccc(/C(N)=N\O)cc1)C(F)(F)F. The number of rotatable bonds is 3. The molecule has 1 aromatic carbocycles. The molecule has 0 aliphatic heterocycles. The van der Waals surface area contributed by atoms with E-state index in [2.05, 4.69) is 9.89 Å². The predicted molar refractivity (Wildman–Crippen MR) is 59.4 cm³/mol. The summed E-state index contributed by atoms with van der Waals surface area (Å²) in [5.74, 6) is -0.173. The first-order valence-corrected chi connectivity index (χ1v) is 4.96. The Bertz CT molecular complexity index is 443. The molecule has 0 aliphatic carbocycles. The number of amidine groups is 1. The van der Waals surface area contributed by atoms with Crippen molar-refractivity contribution < 1.29 is 23.1 Å². The van der Waals surface area contributed by atoms with Gasteiger partial charge in [-0.1, -0.05) is 29.4 Å². The van der Waals surface area contributed by atoms with Crippen molar-refractivity contribution in [3.63, 3.8) is 0 Å². The van der Waals surface area contributed by atoms with Crippen molar-refractivity contribution in [3.8, 4) is 0 Å². The molecule has 0 saturated heterocycles. The Kier molecular flexibility index (Phi) is 3.85. The molecule has 18 heavy (non-hydrogen) atoms. The molecule has 0 saturated carbocycles. The summed E-state index contributed by atoms with van der Waals surface area (Å²) in [5, 5.41) is 11.2. The van der Waals surface area contributed by atoms with Crippen molar-refractivity contribution in [2.45, 2.75) is 18.7 Å². The second-order valence-electron chi connectivity index (χ2n) is 3.80. The number of nitrogens with two attached hydrogens (primary N) is 1. The Labute approximate surface area is 102 Å². The zero-order chi connectivity index (χ0) is 14.0. The molecule has 0 aliphatic rings. The number of hydrogen-bond donors (Lipinski definition) is 2. The maximum atomic E-state index is 12.9. The molecular formula is C11H13F3N2O2. The van der Waals surface area contributed by atoms with Crippen molar-refractivity contribution in [1.29, 1.82) is 0 Å². The quantitative estimate of drug-likeness (QED) is 0.380. The first-order valence-electron chi connectivity index (χ1n) is 4.96. The largest absolute Gasteiger partial charge is 0.421 e. The van der Waals surface area contributed by atoms with Crippen LogP contribution in [0.15, 0.2) is 29.4 Å². The topological polar surface area (TPSA) is 67.8 Å². The van der Waals surface area contributed by atoms with Crippen LogP contribution in [-0.4, -0.2) is 24.3 Å². The van der Waals surface area contributed by atoms with Gasteiger partial charge >= 0.3 is 6.18 Å². The molecule has 0 bridgehead atoms. The zero-order valence-electron chi connectivity index (χ0n) is 9.82. The molecule has 1 unspecified atom stereocenters. The third-order valence-electron chi connectivity index (χ3n) is 2.79. The van der Waals surface area contributed by atoms with Crippen molar-refractivity contribution in [2.75, 3.05) is 7.11 Å².